The molecule has 0 aromatic carbocycles. The largest absolute Gasteiger partial charge is 0.481 e. The molecule has 2 rings (SSSR count). The SMILES string of the molecule is CCc1ccsc1CN1CC(C(=O)O)CC1=O. The normalized spacial score (nSPS) is 19.9. The van der Waals surface area contributed by atoms with Gasteiger partial charge in [0, 0.05) is 17.8 Å². The fourth-order valence-corrected chi connectivity index (χ4v) is 3.08. The van der Waals surface area contributed by atoms with Gasteiger partial charge in [0.05, 0.1) is 12.5 Å². The van der Waals surface area contributed by atoms with Crippen molar-refractivity contribution < 1.29 is 14.7 Å². The topological polar surface area (TPSA) is 57.6 Å². The number of rotatable bonds is 4. The van der Waals surface area contributed by atoms with Gasteiger partial charge < -0.3 is 10.0 Å². The van der Waals surface area contributed by atoms with Crippen LogP contribution in [0.3, 0.4) is 0 Å². The maximum atomic E-state index is 11.7. The third-order valence-electron chi connectivity index (χ3n) is 3.12. The molecule has 4 nitrogen and oxygen atoms in total. The van der Waals surface area contributed by atoms with Gasteiger partial charge in [0.2, 0.25) is 5.91 Å². The van der Waals surface area contributed by atoms with Crippen molar-refractivity contribution in [1.29, 1.82) is 0 Å². The molecule has 1 aliphatic heterocycles. The molecule has 92 valence electrons. The van der Waals surface area contributed by atoms with Gasteiger partial charge in [0.15, 0.2) is 0 Å². The van der Waals surface area contributed by atoms with Gasteiger partial charge in [-0.3, -0.25) is 9.59 Å². The molecule has 1 aliphatic rings. The predicted octanol–water partition coefficient (Wildman–Crippen LogP) is 1.74. The first kappa shape index (κ1) is 12.1. The standard InChI is InChI=1S/C12H15NO3S/c1-2-8-3-4-17-10(8)7-13-6-9(12(15)16)5-11(13)14/h3-4,9H,2,5-7H2,1H3,(H,15,16). The minimum absolute atomic E-state index is 0.0483. The molecule has 1 atom stereocenters. The summed E-state index contributed by atoms with van der Waals surface area (Å²) in [6.07, 6.45) is 1.09. The van der Waals surface area contributed by atoms with Crippen LogP contribution in [-0.2, 0) is 22.6 Å². The zero-order chi connectivity index (χ0) is 12.4. The Morgan fingerprint density at radius 3 is 3.00 bits per heavy atom. The zero-order valence-corrected chi connectivity index (χ0v) is 10.5. The van der Waals surface area contributed by atoms with Gasteiger partial charge in [0.25, 0.3) is 0 Å². The van der Waals surface area contributed by atoms with E-state index in [1.807, 2.05) is 5.38 Å². The van der Waals surface area contributed by atoms with E-state index in [0.717, 1.165) is 6.42 Å². The van der Waals surface area contributed by atoms with Crippen LogP contribution >= 0.6 is 11.3 Å². The number of likely N-dealkylation sites (tertiary alicyclic amines) is 1. The molecular formula is C12H15NO3S. The Kier molecular flexibility index (Phi) is 3.47. The predicted molar refractivity (Wildman–Crippen MR) is 64.9 cm³/mol. The molecule has 17 heavy (non-hydrogen) atoms. The van der Waals surface area contributed by atoms with E-state index < -0.39 is 11.9 Å². The number of hydrogen-bond acceptors (Lipinski definition) is 3. The van der Waals surface area contributed by atoms with E-state index in [4.69, 9.17) is 5.11 Å². The molecule has 1 unspecified atom stereocenters. The van der Waals surface area contributed by atoms with Gasteiger partial charge >= 0.3 is 5.97 Å². The van der Waals surface area contributed by atoms with Crippen molar-refractivity contribution in [2.75, 3.05) is 6.54 Å². The lowest BCUT2D eigenvalue weighted by atomic mass is 10.1. The Morgan fingerprint density at radius 1 is 1.65 bits per heavy atom. The van der Waals surface area contributed by atoms with Gasteiger partial charge in [-0.15, -0.1) is 11.3 Å². The lowest BCUT2D eigenvalue weighted by Gasteiger charge is -2.15. The molecule has 0 saturated carbocycles. The quantitative estimate of drug-likeness (QED) is 0.889. The molecular weight excluding hydrogens is 238 g/mol. The number of amides is 1. The lowest BCUT2D eigenvalue weighted by molar-refractivity contribution is -0.141. The first-order chi connectivity index (χ1) is 8.11. The maximum Gasteiger partial charge on any atom is 0.308 e. The van der Waals surface area contributed by atoms with Crippen molar-refractivity contribution in [2.24, 2.45) is 5.92 Å². The van der Waals surface area contributed by atoms with Crippen LogP contribution in [0.4, 0.5) is 0 Å². The van der Waals surface area contributed by atoms with E-state index in [-0.39, 0.29) is 12.3 Å². The van der Waals surface area contributed by atoms with Crippen molar-refractivity contribution in [2.45, 2.75) is 26.3 Å². The van der Waals surface area contributed by atoms with E-state index in [9.17, 15) is 9.59 Å². The summed E-state index contributed by atoms with van der Waals surface area (Å²) in [4.78, 5) is 25.4. The lowest BCUT2D eigenvalue weighted by Crippen LogP contribution is -2.25. The first-order valence-corrected chi connectivity index (χ1v) is 6.55. The van der Waals surface area contributed by atoms with E-state index in [1.54, 1.807) is 16.2 Å². The van der Waals surface area contributed by atoms with Crippen LogP contribution in [0.15, 0.2) is 11.4 Å². The number of nitrogens with zero attached hydrogens (tertiary/aromatic N) is 1. The molecule has 1 aromatic rings. The molecule has 0 bridgehead atoms. The summed E-state index contributed by atoms with van der Waals surface area (Å²) in [5.74, 6) is -1.46. The smallest absolute Gasteiger partial charge is 0.308 e. The van der Waals surface area contributed by atoms with Crippen LogP contribution < -0.4 is 0 Å². The summed E-state index contributed by atoms with van der Waals surface area (Å²) in [5.41, 5.74) is 1.25. The highest BCUT2D eigenvalue weighted by atomic mass is 32.1. The van der Waals surface area contributed by atoms with Gasteiger partial charge in [-0.25, -0.2) is 0 Å². The summed E-state index contributed by atoms with van der Waals surface area (Å²) in [5, 5.41) is 10.9. The van der Waals surface area contributed by atoms with Crippen LogP contribution in [0.5, 0.6) is 0 Å². The second-order valence-electron chi connectivity index (χ2n) is 4.24. The zero-order valence-electron chi connectivity index (χ0n) is 9.68. The van der Waals surface area contributed by atoms with Crippen LogP contribution in [0.25, 0.3) is 0 Å². The maximum absolute atomic E-state index is 11.7. The highest BCUT2D eigenvalue weighted by Crippen LogP contribution is 2.24. The van der Waals surface area contributed by atoms with Gasteiger partial charge in [-0.2, -0.15) is 0 Å². The minimum Gasteiger partial charge on any atom is -0.481 e. The fourth-order valence-electron chi connectivity index (χ4n) is 2.08. The number of carbonyl (C=O) groups is 2. The Morgan fingerprint density at radius 2 is 2.41 bits per heavy atom. The van der Waals surface area contributed by atoms with Crippen LogP contribution in [-0.4, -0.2) is 28.4 Å². The number of carboxylic acids is 1. The van der Waals surface area contributed by atoms with Crippen molar-refractivity contribution in [3.05, 3.63) is 21.9 Å². The Bertz CT molecular complexity index is 441. The number of aryl methyl sites for hydroxylation is 1. The highest BCUT2D eigenvalue weighted by Gasteiger charge is 2.34. The van der Waals surface area contributed by atoms with Gasteiger partial charge in [0.1, 0.15) is 0 Å². The van der Waals surface area contributed by atoms with Crippen molar-refractivity contribution in [3.63, 3.8) is 0 Å². The summed E-state index contributed by atoms with van der Waals surface area (Å²) >= 11 is 1.63. The van der Waals surface area contributed by atoms with Crippen LogP contribution in [0, 0.1) is 5.92 Å². The minimum atomic E-state index is -0.872. The van der Waals surface area contributed by atoms with Crippen LogP contribution in [0.2, 0.25) is 0 Å². The molecule has 1 amide bonds. The van der Waals surface area contributed by atoms with Crippen molar-refractivity contribution in [3.8, 4) is 0 Å². The fraction of sp³-hybridized carbons (Fsp3) is 0.500. The summed E-state index contributed by atoms with van der Waals surface area (Å²) in [6.45, 7) is 2.98. The molecule has 1 aromatic heterocycles. The Labute approximate surface area is 104 Å². The summed E-state index contributed by atoms with van der Waals surface area (Å²) < 4.78 is 0. The van der Waals surface area contributed by atoms with Crippen molar-refractivity contribution >= 4 is 23.2 Å². The van der Waals surface area contributed by atoms with Crippen LogP contribution in [0.1, 0.15) is 23.8 Å². The summed E-state index contributed by atoms with van der Waals surface area (Å²) in [6, 6.07) is 2.06. The number of aliphatic carboxylic acids is 1. The molecule has 0 aliphatic carbocycles. The number of hydrogen-bond donors (Lipinski definition) is 1. The third-order valence-corrected chi connectivity index (χ3v) is 4.06. The van der Waals surface area contributed by atoms with Crippen molar-refractivity contribution in [1.82, 2.24) is 4.90 Å². The number of carboxylic acid groups (broad SMARTS) is 1. The Hall–Kier alpha value is -1.36. The van der Waals surface area contributed by atoms with E-state index >= 15 is 0 Å². The second kappa shape index (κ2) is 4.87. The van der Waals surface area contributed by atoms with Gasteiger partial charge in [-0.05, 0) is 23.4 Å². The molecule has 1 N–H and O–H groups in total. The van der Waals surface area contributed by atoms with Gasteiger partial charge in [-0.1, -0.05) is 6.92 Å². The van der Waals surface area contributed by atoms with E-state index in [0.29, 0.717) is 13.1 Å². The van der Waals surface area contributed by atoms with E-state index in [2.05, 4.69) is 13.0 Å². The van der Waals surface area contributed by atoms with E-state index in [1.165, 1.54) is 10.4 Å². The average Bonchev–Trinajstić information content (AvgIpc) is 2.87. The second-order valence-corrected chi connectivity index (χ2v) is 5.24. The number of carbonyl (C=O) groups excluding carboxylic acids is 1. The Balaban J connectivity index is 2.05. The first-order valence-electron chi connectivity index (χ1n) is 5.67. The molecule has 2 heterocycles. The molecule has 1 saturated heterocycles. The molecule has 0 radical (unpaired) electrons. The average molecular weight is 253 g/mol. The third kappa shape index (κ3) is 2.49. The highest BCUT2D eigenvalue weighted by molar-refractivity contribution is 7.10. The summed E-state index contributed by atoms with van der Waals surface area (Å²) in [7, 11) is 0. The molecule has 1 fully saturated rings. The monoisotopic (exact) mass is 253 g/mol. The molecule has 5 heteroatoms. The molecule has 0 spiro atoms. The number of thiophene rings is 1.